The van der Waals surface area contributed by atoms with Crippen LogP contribution in [0, 0.1) is 5.92 Å². The van der Waals surface area contributed by atoms with E-state index in [1.807, 2.05) is 6.92 Å². The predicted octanol–water partition coefficient (Wildman–Crippen LogP) is 0.378. The van der Waals surface area contributed by atoms with Gasteiger partial charge in [-0.1, -0.05) is 6.92 Å². The zero-order valence-electron chi connectivity index (χ0n) is 6.25. The van der Waals surface area contributed by atoms with E-state index in [9.17, 15) is 0 Å². The fraction of sp³-hybridized carbons (Fsp3) is 1.00. The monoisotopic (exact) mass is 146 g/mol. The van der Waals surface area contributed by atoms with Gasteiger partial charge in [-0.05, 0) is 6.42 Å². The zero-order valence-corrected chi connectivity index (χ0v) is 6.25. The van der Waals surface area contributed by atoms with Gasteiger partial charge in [-0.25, -0.2) is 0 Å². The molecule has 0 saturated carbocycles. The largest absolute Gasteiger partial charge is 0.396 e. The Morgan fingerprint density at radius 1 is 1.50 bits per heavy atom. The molecule has 0 amide bonds. The molecule has 0 unspecified atom stereocenters. The number of ether oxygens (including phenoxy) is 2. The van der Waals surface area contributed by atoms with Gasteiger partial charge in [0, 0.05) is 5.92 Å². The van der Waals surface area contributed by atoms with Crippen molar-refractivity contribution in [3.63, 3.8) is 0 Å². The minimum Gasteiger partial charge on any atom is -0.396 e. The van der Waals surface area contributed by atoms with Gasteiger partial charge < -0.3 is 14.6 Å². The molecular weight excluding hydrogens is 132 g/mol. The lowest BCUT2D eigenvalue weighted by Gasteiger charge is -2.26. The molecule has 0 aromatic rings. The summed E-state index contributed by atoms with van der Waals surface area (Å²) in [4.78, 5) is 0. The van der Waals surface area contributed by atoms with Gasteiger partial charge >= 0.3 is 0 Å². The number of hydrogen-bond acceptors (Lipinski definition) is 3. The van der Waals surface area contributed by atoms with Crippen LogP contribution in [0.5, 0.6) is 0 Å². The Morgan fingerprint density at radius 2 is 2.10 bits per heavy atom. The van der Waals surface area contributed by atoms with E-state index in [0.29, 0.717) is 0 Å². The number of aliphatic hydroxyl groups is 1. The summed E-state index contributed by atoms with van der Waals surface area (Å²) in [5.74, 6) is 0.0975. The number of hydrogen-bond donors (Lipinski definition) is 1. The molecule has 0 radical (unpaired) electrons. The lowest BCUT2D eigenvalue weighted by molar-refractivity contribution is -0.206. The molecule has 1 N–H and O–H groups in total. The second kappa shape index (κ2) is 3.91. The molecule has 1 aliphatic heterocycles. The van der Waals surface area contributed by atoms with E-state index in [2.05, 4.69) is 0 Å². The summed E-state index contributed by atoms with van der Waals surface area (Å²) < 4.78 is 10.5. The highest BCUT2D eigenvalue weighted by Crippen LogP contribution is 2.12. The van der Waals surface area contributed by atoms with E-state index < -0.39 is 0 Å². The molecule has 1 rings (SSSR count). The summed E-state index contributed by atoms with van der Waals surface area (Å²) in [7, 11) is 0. The molecule has 1 heterocycles. The molecule has 60 valence electrons. The van der Waals surface area contributed by atoms with Crippen LogP contribution in [0.3, 0.4) is 0 Å². The maximum atomic E-state index is 8.73. The van der Waals surface area contributed by atoms with Gasteiger partial charge in [-0.2, -0.15) is 0 Å². The maximum absolute atomic E-state index is 8.73. The molecule has 0 aromatic carbocycles. The summed E-state index contributed by atoms with van der Waals surface area (Å²) in [5.41, 5.74) is 0. The van der Waals surface area contributed by atoms with Crippen LogP contribution >= 0.6 is 0 Å². The SMILES string of the molecule is C[C@@H](CO)C1OCCCO1. The van der Waals surface area contributed by atoms with Gasteiger partial charge in [-0.15, -0.1) is 0 Å². The molecule has 1 saturated heterocycles. The minimum atomic E-state index is -0.182. The Kier molecular flexibility index (Phi) is 3.12. The Hall–Kier alpha value is -0.120. The van der Waals surface area contributed by atoms with Gasteiger partial charge in [-0.3, -0.25) is 0 Å². The molecule has 1 atom stereocenters. The molecule has 10 heavy (non-hydrogen) atoms. The maximum Gasteiger partial charge on any atom is 0.162 e. The quantitative estimate of drug-likeness (QED) is 0.612. The zero-order chi connectivity index (χ0) is 7.40. The van der Waals surface area contributed by atoms with Crippen molar-refractivity contribution in [1.29, 1.82) is 0 Å². The molecule has 0 spiro atoms. The van der Waals surface area contributed by atoms with Crippen LogP contribution in [0.25, 0.3) is 0 Å². The summed E-state index contributed by atoms with van der Waals surface area (Å²) in [6.07, 6.45) is 0.785. The molecule has 3 nitrogen and oxygen atoms in total. The Labute approximate surface area is 60.9 Å². The topological polar surface area (TPSA) is 38.7 Å². The Bertz CT molecular complexity index is 88.9. The molecule has 0 aliphatic carbocycles. The Morgan fingerprint density at radius 3 is 2.60 bits per heavy atom. The van der Waals surface area contributed by atoms with Crippen LogP contribution in [-0.4, -0.2) is 31.2 Å². The van der Waals surface area contributed by atoms with Crippen LogP contribution in [0.1, 0.15) is 13.3 Å². The van der Waals surface area contributed by atoms with Crippen LogP contribution < -0.4 is 0 Å². The van der Waals surface area contributed by atoms with E-state index in [1.54, 1.807) is 0 Å². The third-order valence-electron chi connectivity index (χ3n) is 1.61. The lowest BCUT2D eigenvalue weighted by Crippen LogP contribution is -2.32. The van der Waals surface area contributed by atoms with Gasteiger partial charge in [0.25, 0.3) is 0 Å². The fourth-order valence-corrected chi connectivity index (χ4v) is 0.921. The van der Waals surface area contributed by atoms with E-state index in [-0.39, 0.29) is 18.8 Å². The van der Waals surface area contributed by atoms with Crippen molar-refractivity contribution < 1.29 is 14.6 Å². The summed E-state index contributed by atoms with van der Waals surface area (Å²) in [6, 6.07) is 0. The van der Waals surface area contributed by atoms with Gasteiger partial charge in [0.15, 0.2) is 6.29 Å². The Balaban J connectivity index is 2.24. The van der Waals surface area contributed by atoms with Crippen LogP contribution in [0.4, 0.5) is 0 Å². The smallest absolute Gasteiger partial charge is 0.162 e. The fourth-order valence-electron chi connectivity index (χ4n) is 0.921. The highest BCUT2D eigenvalue weighted by atomic mass is 16.7. The third kappa shape index (κ3) is 1.94. The van der Waals surface area contributed by atoms with Gasteiger partial charge in [0.05, 0.1) is 19.8 Å². The highest BCUT2D eigenvalue weighted by Gasteiger charge is 2.20. The number of aliphatic hydroxyl groups excluding tert-OH is 1. The lowest BCUT2D eigenvalue weighted by atomic mass is 10.2. The van der Waals surface area contributed by atoms with Gasteiger partial charge in [0.2, 0.25) is 0 Å². The van der Waals surface area contributed by atoms with E-state index in [0.717, 1.165) is 19.6 Å². The third-order valence-corrected chi connectivity index (χ3v) is 1.61. The van der Waals surface area contributed by atoms with E-state index in [4.69, 9.17) is 14.6 Å². The second-order valence-corrected chi connectivity index (χ2v) is 2.62. The average molecular weight is 146 g/mol. The van der Waals surface area contributed by atoms with E-state index in [1.165, 1.54) is 0 Å². The predicted molar refractivity (Wildman–Crippen MR) is 36.6 cm³/mol. The molecule has 1 fully saturated rings. The van der Waals surface area contributed by atoms with E-state index >= 15 is 0 Å². The first kappa shape index (κ1) is 7.98. The first-order valence-electron chi connectivity index (χ1n) is 3.68. The standard InChI is InChI=1S/C7H14O3/c1-6(5-8)7-9-3-2-4-10-7/h6-8H,2-5H2,1H3/t6-/m0/s1. The van der Waals surface area contributed by atoms with Gasteiger partial charge in [0.1, 0.15) is 0 Å². The van der Waals surface area contributed by atoms with Crippen molar-refractivity contribution in [2.45, 2.75) is 19.6 Å². The van der Waals surface area contributed by atoms with Crippen molar-refractivity contribution in [2.24, 2.45) is 5.92 Å². The highest BCUT2D eigenvalue weighted by molar-refractivity contribution is 4.58. The van der Waals surface area contributed by atoms with Crippen LogP contribution in [0.15, 0.2) is 0 Å². The first-order chi connectivity index (χ1) is 4.84. The van der Waals surface area contributed by atoms with Crippen molar-refractivity contribution in [2.75, 3.05) is 19.8 Å². The first-order valence-corrected chi connectivity index (χ1v) is 3.68. The van der Waals surface area contributed by atoms with Crippen molar-refractivity contribution in [1.82, 2.24) is 0 Å². The van der Waals surface area contributed by atoms with Crippen molar-refractivity contribution in [3.8, 4) is 0 Å². The van der Waals surface area contributed by atoms with Crippen LogP contribution in [-0.2, 0) is 9.47 Å². The average Bonchev–Trinajstić information content (AvgIpc) is 2.05. The molecule has 1 aliphatic rings. The summed E-state index contributed by atoms with van der Waals surface area (Å²) in [6.45, 7) is 3.56. The second-order valence-electron chi connectivity index (χ2n) is 2.62. The normalized spacial score (nSPS) is 24.6. The minimum absolute atomic E-state index is 0.0975. The summed E-state index contributed by atoms with van der Waals surface area (Å²) in [5, 5.41) is 8.73. The molecule has 0 bridgehead atoms. The van der Waals surface area contributed by atoms with Crippen LogP contribution in [0.2, 0.25) is 0 Å². The van der Waals surface area contributed by atoms with Crippen molar-refractivity contribution >= 4 is 0 Å². The molecular formula is C7H14O3. The number of rotatable bonds is 2. The molecule has 3 heteroatoms. The molecule has 0 aromatic heterocycles. The van der Waals surface area contributed by atoms with Crippen molar-refractivity contribution in [3.05, 3.63) is 0 Å². The summed E-state index contributed by atoms with van der Waals surface area (Å²) >= 11 is 0.